The number of aryl methyl sites for hydroxylation is 1. The third-order valence-electron chi connectivity index (χ3n) is 6.82. The highest BCUT2D eigenvalue weighted by atomic mass is 19.1. The molecule has 0 radical (unpaired) electrons. The van der Waals surface area contributed by atoms with Crippen LogP contribution in [-0.2, 0) is 6.54 Å². The van der Waals surface area contributed by atoms with Crippen LogP contribution in [0.5, 0.6) is 0 Å². The summed E-state index contributed by atoms with van der Waals surface area (Å²) in [4.78, 5) is 14.3. The predicted octanol–water partition coefficient (Wildman–Crippen LogP) is 6.88. The number of benzene rings is 2. The van der Waals surface area contributed by atoms with Crippen molar-refractivity contribution in [3.05, 3.63) is 65.7 Å². The van der Waals surface area contributed by atoms with Crippen LogP contribution in [0.3, 0.4) is 0 Å². The summed E-state index contributed by atoms with van der Waals surface area (Å²) in [6, 6.07) is 14.2. The molecule has 35 heavy (non-hydrogen) atoms. The van der Waals surface area contributed by atoms with Gasteiger partial charge in [-0.25, -0.2) is 9.37 Å². The summed E-state index contributed by atoms with van der Waals surface area (Å²) in [5.74, 6) is 1.23. The number of imidazole rings is 1. The fourth-order valence-corrected chi connectivity index (χ4v) is 4.74. The summed E-state index contributed by atoms with van der Waals surface area (Å²) < 4.78 is 15.7. The Hall–Kier alpha value is -3.48. The van der Waals surface area contributed by atoms with Gasteiger partial charge in [-0.1, -0.05) is 49.6 Å². The van der Waals surface area contributed by atoms with Gasteiger partial charge in [0, 0.05) is 18.6 Å². The predicted molar refractivity (Wildman–Crippen MR) is 140 cm³/mol. The van der Waals surface area contributed by atoms with E-state index in [2.05, 4.69) is 58.3 Å². The maximum Gasteiger partial charge on any atom is 0.227 e. The van der Waals surface area contributed by atoms with Gasteiger partial charge in [-0.15, -0.1) is 0 Å². The van der Waals surface area contributed by atoms with Crippen molar-refractivity contribution in [3.8, 4) is 11.1 Å². The third-order valence-corrected chi connectivity index (χ3v) is 6.82. The van der Waals surface area contributed by atoms with Crippen LogP contribution in [0.1, 0.15) is 63.1 Å². The molecule has 0 amide bonds. The standard InChI is InChI=1S/C28H33FN6/c1-18(2)35-17-31-25-26(33-28(34-27(25)35)32-23-7-5-4-6-8-23)30-16-20-9-11-21(12-10-20)22-13-14-24(29)19(3)15-22/h9-15,17-18,23H,4-8,16H2,1-3H3,(H2,30,32,33,34). The third kappa shape index (κ3) is 5.14. The molecule has 1 aliphatic rings. The maximum atomic E-state index is 13.6. The molecular weight excluding hydrogens is 439 g/mol. The number of rotatable bonds is 7. The summed E-state index contributed by atoms with van der Waals surface area (Å²) in [5, 5.41) is 7.06. The van der Waals surface area contributed by atoms with Gasteiger partial charge in [-0.2, -0.15) is 9.97 Å². The van der Waals surface area contributed by atoms with Gasteiger partial charge in [-0.3, -0.25) is 0 Å². The quantitative estimate of drug-likeness (QED) is 0.307. The molecule has 4 aromatic rings. The van der Waals surface area contributed by atoms with Crippen LogP contribution in [0.15, 0.2) is 48.8 Å². The Morgan fingerprint density at radius 3 is 2.46 bits per heavy atom. The van der Waals surface area contributed by atoms with E-state index in [0.29, 0.717) is 24.1 Å². The fourth-order valence-electron chi connectivity index (χ4n) is 4.74. The zero-order valence-electron chi connectivity index (χ0n) is 20.7. The van der Waals surface area contributed by atoms with Crippen LogP contribution in [0.25, 0.3) is 22.3 Å². The molecule has 7 heteroatoms. The molecule has 1 saturated carbocycles. The molecule has 0 atom stereocenters. The van der Waals surface area contributed by atoms with E-state index < -0.39 is 0 Å². The smallest absolute Gasteiger partial charge is 0.227 e. The number of nitrogens with one attached hydrogen (secondary N) is 2. The van der Waals surface area contributed by atoms with Gasteiger partial charge >= 0.3 is 0 Å². The second-order valence-corrected chi connectivity index (χ2v) is 9.81. The first-order valence-corrected chi connectivity index (χ1v) is 12.6. The molecular formula is C28H33FN6. The number of nitrogens with zero attached hydrogens (tertiary/aromatic N) is 4. The largest absolute Gasteiger partial charge is 0.364 e. The first kappa shape index (κ1) is 23.3. The van der Waals surface area contributed by atoms with Crippen molar-refractivity contribution < 1.29 is 4.39 Å². The van der Waals surface area contributed by atoms with Crippen LogP contribution in [-0.4, -0.2) is 25.6 Å². The number of halogens is 1. The molecule has 0 aliphatic heterocycles. The summed E-state index contributed by atoms with van der Waals surface area (Å²) in [5.41, 5.74) is 5.49. The number of hydrogen-bond donors (Lipinski definition) is 2. The molecule has 1 aliphatic carbocycles. The lowest BCUT2D eigenvalue weighted by molar-refractivity contribution is 0.461. The topological polar surface area (TPSA) is 67.7 Å². The Morgan fingerprint density at radius 2 is 1.74 bits per heavy atom. The minimum Gasteiger partial charge on any atom is -0.364 e. The molecule has 2 heterocycles. The number of hydrogen-bond acceptors (Lipinski definition) is 5. The lowest BCUT2D eigenvalue weighted by Gasteiger charge is -2.23. The van der Waals surface area contributed by atoms with Crippen LogP contribution in [0.4, 0.5) is 16.2 Å². The van der Waals surface area contributed by atoms with E-state index in [1.54, 1.807) is 6.92 Å². The Kier molecular flexibility index (Phi) is 6.66. The van der Waals surface area contributed by atoms with Gasteiger partial charge in [0.05, 0.1) is 6.33 Å². The monoisotopic (exact) mass is 472 g/mol. The normalized spacial score (nSPS) is 14.5. The summed E-state index contributed by atoms with van der Waals surface area (Å²) >= 11 is 0. The van der Waals surface area contributed by atoms with E-state index in [9.17, 15) is 4.39 Å². The van der Waals surface area contributed by atoms with Gasteiger partial charge in [-0.05, 0) is 68.0 Å². The lowest BCUT2D eigenvalue weighted by atomic mass is 9.96. The van der Waals surface area contributed by atoms with Crippen molar-refractivity contribution in [2.24, 2.45) is 0 Å². The number of aromatic nitrogens is 4. The zero-order valence-corrected chi connectivity index (χ0v) is 20.7. The van der Waals surface area contributed by atoms with Crippen molar-refractivity contribution in [3.63, 3.8) is 0 Å². The number of fused-ring (bicyclic) bond motifs is 1. The molecule has 2 N–H and O–H groups in total. The maximum absolute atomic E-state index is 13.6. The Labute approximate surface area is 206 Å². The van der Waals surface area contributed by atoms with Crippen LogP contribution in [0, 0.1) is 12.7 Å². The zero-order chi connectivity index (χ0) is 24.4. The molecule has 0 bridgehead atoms. The highest BCUT2D eigenvalue weighted by Crippen LogP contribution is 2.27. The minimum atomic E-state index is -0.178. The average Bonchev–Trinajstić information content (AvgIpc) is 3.30. The molecule has 5 rings (SSSR count). The summed E-state index contributed by atoms with van der Waals surface area (Å²) in [7, 11) is 0. The van der Waals surface area contributed by atoms with Crippen LogP contribution >= 0.6 is 0 Å². The summed E-state index contributed by atoms with van der Waals surface area (Å²) in [6.07, 6.45) is 7.98. The molecule has 0 spiro atoms. The van der Waals surface area contributed by atoms with Crippen molar-refractivity contribution in [2.45, 2.75) is 71.5 Å². The van der Waals surface area contributed by atoms with Gasteiger partial charge in [0.2, 0.25) is 5.95 Å². The van der Waals surface area contributed by atoms with Gasteiger partial charge < -0.3 is 15.2 Å². The second-order valence-electron chi connectivity index (χ2n) is 9.81. The molecule has 1 fully saturated rings. The molecule has 2 aromatic heterocycles. The average molecular weight is 473 g/mol. The highest BCUT2D eigenvalue weighted by Gasteiger charge is 2.18. The second kappa shape index (κ2) is 10.0. The van der Waals surface area contributed by atoms with Crippen LogP contribution < -0.4 is 10.6 Å². The van der Waals surface area contributed by atoms with E-state index >= 15 is 0 Å². The first-order chi connectivity index (χ1) is 17.0. The minimum absolute atomic E-state index is 0.178. The van der Waals surface area contributed by atoms with Crippen molar-refractivity contribution >= 4 is 22.9 Å². The van der Waals surface area contributed by atoms with Crippen LogP contribution in [0.2, 0.25) is 0 Å². The SMILES string of the molecule is Cc1cc(-c2ccc(CNc3nc(NC4CCCCC4)nc4c3ncn4C(C)C)cc2)ccc1F. The lowest BCUT2D eigenvalue weighted by Crippen LogP contribution is -2.24. The van der Waals surface area contributed by atoms with Crippen molar-refractivity contribution in [1.82, 2.24) is 19.5 Å². The molecule has 2 aromatic carbocycles. The Morgan fingerprint density at radius 1 is 1.00 bits per heavy atom. The van der Waals surface area contributed by atoms with E-state index in [1.165, 1.54) is 25.3 Å². The van der Waals surface area contributed by atoms with E-state index in [-0.39, 0.29) is 11.9 Å². The number of anilines is 2. The van der Waals surface area contributed by atoms with Crippen molar-refractivity contribution in [2.75, 3.05) is 10.6 Å². The Bertz CT molecular complexity index is 1310. The Balaban J connectivity index is 1.37. The van der Waals surface area contributed by atoms with Gasteiger partial charge in [0.25, 0.3) is 0 Å². The highest BCUT2D eigenvalue weighted by molar-refractivity contribution is 5.84. The van der Waals surface area contributed by atoms with E-state index in [1.807, 2.05) is 18.5 Å². The molecule has 0 unspecified atom stereocenters. The van der Waals surface area contributed by atoms with Gasteiger partial charge in [0.15, 0.2) is 17.0 Å². The summed E-state index contributed by atoms with van der Waals surface area (Å²) in [6.45, 7) is 6.67. The van der Waals surface area contributed by atoms with E-state index in [4.69, 9.17) is 9.97 Å². The fraction of sp³-hybridized carbons (Fsp3) is 0.393. The molecule has 6 nitrogen and oxygen atoms in total. The van der Waals surface area contributed by atoms with E-state index in [0.717, 1.165) is 46.5 Å². The van der Waals surface area contributed by atoms with Crippen molar-refractivity contribution in [1.29, 1.82) is 0 Å². The molecule has 0 saturated heterocycles. The molecule has 182 valence electrons. The first-order valence-electron chi connectivity index (χ1n) is 12.6. The van der Waals surface area contributed by atoms with Gasteiger partial charge in [0.1, 0.15) is 5.82 Å².